The molecule has 0 amide bonds. The highest BCUT2D eigenvalue weighted by atomic mass is 16.4. The van der Waals surface area contributed by atoms with E-state index in [9.17, 15) is 19.5 Å². The fourth-order valence-corrected chi connectivity index (χ4v) is 7.63. The molecule has 0 heterocycles. The Bertz CT molecular complexity index is 692. The molecule has 0 saturated heterocycles. The molecule has 4 rings (SSSR count). The van der Waals surface area contributed by atoms with Crippen LogP contribution in [0.2, 0.25) is 0 Å². The number of allylic oxidation sites excluding steroid dienone is 1. The average molecular weight is 358 g/mol. The van der Waals surface area contributed by atoms with Crippen LogP contribution in [0.4, 0.5) is 0 Å². The summed E-state index contributed by atoms with van der Waals surface area (Å²) in [6.45, 7) is 4.05. The number of carboxylic acids is 1. The number of carbonyl (C=O) groups is 3. The van der Waals surface area contributed by atoms with Gasteiger partial charge in [-0.25, -0.2) is 0 Å². The van der Waals surface area contributed by atoms with Crippen molar-refractivity contribution in [2.45, 2.75) is 71.6 Å². The molecule has 4 aliphatic rings. The third-order valence-corrected chi connectivity index (χ3v) is 8.64. The average Bonchev–Trinajstić information content (AvgIpc) is 2.92. The number of rotatable bonds is 3. The molecule has 0 aromatic rings. The molecule has 0 spiro atoms. The maximum atomic E-state index is 12.2. The van der Waals surface area contributed by atoms with Gasteiger partial charge in [0.2, 0.25) is 0 Å². The van der Waals surface area contributed by atoms with Gasteiger partial charge < -0.3 is 5.11 Å². The number of ketones is 2. The maximum Gasteiger partial charge on any atom is 0.304 e. The molecule has 1 N–H and O–H groups in total. The van der Waals surface area contributed by atoms with Crippen LogP contribution >= 0.6 is 0 Å². The van der Waals surface area contributed by atoms with Crippen LogP contribution in [0.1, 0.15) is 71.6 Å². The Morgan fingerprint density at radius 3 is 2.58 bits per heavy atom. The largest absolute Gasteiger partial charge is 0.481 e. The maximum absolute atomic E-state index is 12.2. The van der Waals surface area contributed by atoms with Crippen molar-refractivity contribution in [3.63, 3.8) is 0 Å². The summed E-state index contributed by atoms with van der Waals surface area (Å²) in [5.41, 5.74) is 0.878. The van der Waals surface area contributed by atoms with Crippen molar-refractivity contribution in [1.82, 2.24) is 0 Å². The molecule has 26 heavy (non-hydrogen) atoms. The van der Waals surface area contributed by atoms with E-state index in [0.717, 1.165) is 44.1 Å². The van der Waals surface area contributed by atoms with Gasteiger partial charge in [0.1, 0.15) is 5.78 Å². The molecule has 0 aliphatic heterocycles. The monoisotopic (exact) mass is 358 g/mol. The minimum Gasteiger partial charge on any atom is -0.481 e. The van der Waals surface area contributed by atoms with Crippen LogP contribution in [0.3, 0.4) is 0 Å². The van der Waals surface area contributed by atoms with Gasteiger partial charge in [-0.05, 0) is 81.1 Å². The lowest BCUT2D eigenvalue weighted by Crippen LogP contribution is -2.52. The van der Waals surface area contributed by atoms with Crippen LogP contribution in [0.15, 0.2) is 11.6 Å². The van der Waals surface area contributed by atoms with Gasteiger partial charge in [-0.2, -0.15) is 0 Å². The van der Waals surface area contributed by atoms with Crippen LogP contribution in [-0.4, -0.2) is 22.6 Å². The normalized spacial score (nSPS) is 44.5. The molecule has 0 aromatic carbocycles. The Morgan fingerprint density at radius 1 is 1.12 bits per heavy atom. The predicted octanol–water partition coefficient (Wildman–Crippen LogP) is 4.18. The first-order chi connectivity index (χ1) is 12.3. The highest BCUT2D eigenvalue weighted by Gasteiger charge is 2.61. The molecule has 4 aliphatic carbocycles. The zero-order chi connectivity index (χ0) is 18.7. The number of carboxylic acid groups (broad SMARTS) is 1. The number of fused-ring (bicyclic) bond motifs is 5. The Balaban J connectivity index is 1.71. The van der Waals surface area contributed by atoms with E-state index < -0.39 is 5.97 Å². The van der Waals surface area contributed by atoms with Crippen molar-refractivity contribution in [1.29, 1.82) is 0 Å². The number of carbonyl (C=O) groups excluding carboxylic acids is 2. The molecule has 0 radical (unpaired) electrons. The Kier molecular flexibility index (Phi) is 4.16. The molecule has 0 aromatic heterocycles. The molecule has 0 unspecified atom stereocenters. The molecule has 142 valence electrons. The first kappa shape index (κ1) is 17.9. The van der Waals surface area contributed by atoms with E-state index >= 15 is 0 Å². The standard InChI is InChI=1S/C22H30O4/c1-13(23)17-5-6-18-16-4-3-14-11-15(24)7-10-22(14,12-20(25)26)19(16)8-9-21(17,18)2/h11,16-19H,3-10,12H2,1-2H3,(H,25,26)/t16-,17+,18-,19-,21+,22+/m0/s1. The number of aliphatic carboxylic acids is 1. The topological polar surface area (TPSA) is 71.4 Å². The smallest absolute Gasteiger partial charge is 0.304 e. The summed E-state index contributed by atoms with van der Waals surface area (Å²) in [4.78, 5) is 36.0. The van der Waals surface area contributed by atoms with E-state index in [1.54, 1.807) is 13.0 Å². The van der Waals surface area contributed by atoms with E-state index in [4.69, 9.17) is 0 Å². The number of hydrogen-bond donors (Lipinski definition) is 1. The van der Waals surface area contributed by atoms with Gasteiger partial charge >= 0.3 is 5.97 Å². The van der Waals surface area contributed by atoms with Gasteiger partial charge in [-0.3, -0.25) is 14.4 Å². The van der Waals surface area contributed by atoms with Crippen LogP contribution in [0, 0.1) is 34.5 Å². The zero-order valence-corrected chi connectivity index (χ0v) is 15.9. The number of Topliss-reactive ketones (excluding diaryl/α,β-unsaturated/α-hetero) is 1. The van der Waals surface area contributed by atoms with Gasteiger partial charge in [0.15, 0.2) is 5.78 Å². The first-order valence-electron chi connectivity index (χ1n) is 10.2. The van der Waals surface area contributed by atoms with Gasteiger partial charge in [-0.15, -0.1) is 0 Å². The van der Waals surface area contributed by atoms with E-state index in [0.29, 0.717) is 36.4 Å². The summed E-state index contributed by atoms with van der Waals surface area (Å²) in [5.74, 6) is 1.31. The minimum absolute atomic E-state index is 0.0864. The van der Waals surface area contributed by atoms with Crippen molar-refractivity contribution in [3.8, 4) is 0 Å². The van der Waals surface area contributed by atoms with Crippen molar-refractivity contribution >= 4 is 17.5 Å². The Hall–Kier alpha value is -1.45. The Labute approximate surface area is 155 Å². The molecule has 6 atom stereocenters. The molecular weight excluding hydrogens is 328 g/mol. The molecule has 4 heteroatoms. The van der Waals surface area contributed by atoms with E-state index in [1.807, 2.05) is 0 Å². The summed E-state index contributed by atoms with van der Waals surface area (Å²) in [7, 11) is 0. The van der Waals surface area contributed by atoms with Crippen LogP contribution in [-0.2, 0) is 14.4 Å². The number of hydrogen-bond acceptors (Lipinski definition) is 3. The second-order valence-corrected chi connectivity index (χ2v) is 9.56. The third-order valence-electron chi connectivity index (χ3n) is 8.64. The molecule has 3 saturated carbocycles. The first-order valence-corrected chi connectivity index (χ1v) is 10.2. The summed E-state index contributed by atoms with van der Waals surface area (Å²) in [6, 6.07) is 0. The minimum atomic E-state index is -0.743. The van der Waals surface area contributed by atoms with Crippen molar-refractivity contribution < 1.29 is 19.5 Å². The lowest BCUT2D eigenvalue weighted by molar-refractivity contribution is -0.144. The second-order valence-electron chi connectivity index (χ2n) is 9.56. The lowest BCUT2D eigenvalue weighted by Gasteiger charge is -2.58. The highest BCUT2D eigenvalue weighted by molar-refractivity contribution is 5.92. The Morgan fingerprint density at radius 2 is 1.88 bits per heavy atom. The van der Waals surface area contributed by atoms with Gasteiger partial charge in [0, 0.05) is 17.8 Å². The third kappa shape index (κ3) is 2.44. The fraction of sp³-hybridized carbons (Fsp3) is 0.773. The van der Waals surface area contributed by atoms with Gasteiger partial charge in [0.05, 0.1) is 6.42 Å². The zero-order valence-electron chi connectivity index (χ0n) is 15.9. The summed E-state index contributed by atoms with van der Waals surface area (Å²) in [6.07, 6.45) is 9.15. The quantitative estimate of drug-likeness (QED) is 0.821. The van der Waals surface area contributed by atoms with Crippen LogP contribution in [0.25, 0.3) is 0 Å². The predicted molar refractivity (Wildman–Crippen MR) is 97.5 cm³/mol. The summed E-state index contributed by atoms with van der Waals surface area (Å²) < 4.78 is 0. The van der Waals surface area contributed by atoms with Crippen molar-refractivity contribution in [2.75, 3.05) is 0 Å². The van der Waals surface area contributed by atoms with E-state index in [1.165, 1.54) is 0 Å². The SMILES string of the molecule is CC(=O)[C@H]1CC[C@H]2[C@@H]3CCC4=CC(=O)CC[C@]4(CC(=O)O)[C@H]3CC[C@]12C. The molecule has 4 nitrogen and oxygen atoms in total. The van der Waals surface area contributed by atoms with Crippen molar-refractivity contribution in [3.05, 3.63) is 11.6 Å². The summed E-state index contributed by atoms with van der Waals surface area (Å²) in [5, 5.41) is 9.65. The molecular formula is C22H30O4. The highest BCUT2D eigenvalue weighted by Crippen LogP contribution is 2.67. The van der Waals surface area contributed by atoms with Gasteiger partial charge in [0.25, 0.3) is 0 Å². The van der Waals surface area contributed by atoms with Crippen LogP contribution < -0.4 is 0 Å². The van der Waals surface area contributed by atoms with Crippen molar-refractivity contribution in [2.24, 2.45) is 34.5 Å². The molecule has 0 bridgehead atoms. The fourth-order valence-electron chi connectivity index (χ4n) is 7.63. The van der Waals surface area contributed by atoms with E-state index in [2.05, 4.69) is 6.92 Å². The lowest BCUT2D eigenvalue weighted by atomic mass is 9.45. The summed E-state index contributed by atoms with van der Waals surface area (Å²) >= 11 is 0. The second kappa shape index (κ2) is 6.03. The molecule has 3 fully saturated rings. The van der Waals surface area contributed by atoms with Crippen LogP contribution in [0.5, 0.6) is 0 Å². The van der Waals surface area contributed by atoms with Gasteiger partial charge in [-0.1, -0.05) is 12.5 Å². The van der Waals surface area contributed by atoms with E-state index in [-0.39, 0.29) is 29.0 Å².